The molecule has 35 heavy (non-hydrogen) atoms. The molecule has 0 heterocycles. The van der Waals surface area contributed by atoms with Crippen LogP contribution in [0.1, 0.15) is 44.2 Å². The highest BCUT2D eigenvalue weighted by Crippen LogP contribution is 2.28. The summed E-state index contributed by atoms with van der Waals surface area (Å²) in [5.74, 6) is 0.948. The van der Waals surface area contributed by atoms with Gasteiger partial charge in [-0.2, -0.15) is 0 Å². The first-order valence-corrected chi connectivity index (χ1v) is 11.9. The van der Waals surface area contributed by atoms with Crippen molar-refractivity contribution in [1.82, 2.24) is 10.6 Å². The fourth-order valence-corrected chi connectivity index (χ4v) is 3.70. The van der Waals surface area contributed by atoms with Gasteiger partial charge in [0.1, 0.15) is 11.5 Å². The smallest absolute Gasteiger partial charge is 0.257 e. The second-order valence-corrected chi connectivity index (χ2v) is 8.14. The standard InChI is InChI=1S/C28H32N2O5/c1-3-29-26(31)18-34-24-12-8-20(9-13-24)16-22-6-5-7-23(28(22)33)17-21-10-14-25(15-11-21)35-19-27(32)30-4-2/h8-17H,3-7,18-19H2,1-2H3,(H,29,31)(H,30,32)/b22-16-,23-17+. The number of ketones is 1. The van der Waals surface area contributed by atoms with Crippen molar-refractivity contribution < 1.29 is 23.9 Å². The molecule has 0 aliphatic heterocycles. The molecule has 0 radical (unpaired) electrons. The van der Waals surface area contributed by atoms with E-state index in [4.69, 9.17) is 9.47 Å². The van der Waals surface area contributed by atoms with Crippen molar-refractivity contribution >= 4 is 29.7 Å². The van der Waals surface area contributed by atoms with Crippen molar-refractivity contribution in [2.75, 3.05) is 26.3 Å². The molecule has 7 heteroatoms. The van der Waals surface area contributed by atoms with Crippen LogP contribution in [0, 0.1) is 0 Å². The number of carbonyl (C=O) groups is 3. The number of hydrogen-bond acceptors (Lipinski definition) is 5. The van der Waals surface area contributed by atoms with E-state index in [-0.39, 0.29) is 30.8 Å². The first kappa shape index (κ1) is 25.7. The summed E-state index contributed by atoms with van der Waals surface area (Å²) in [7, 11) is 0. The topological polar surface area (TPSA) is 93.7 Å². The monoisotopic (exact) mass is 476 g/mol. The van der Waals surface area contributed by atoms with Crippen LogP contribution in [-0.4, -0.2) is 43.9 Å². The number of Topliss-reactive ketones (excluding diaryl/α,β-unsaturated/α-hetero) is 1. The third kappa shape index (κ3) is 8.14. The van der Waals surface area contributed by atoms with Gasteiger partial charge in [-0.05, 0) is 80.7 Å². The fraction of sp³-hybridized carbons (Fsp3) is 0.321. The number of carbonyl (C=O) groups excluding carboxylic acids is 3. The summed E-state index contributed by atoms with van der Waals surface area (Å²) in [5.41, 5.74) is 3.38. The van der Waals surface area contributed by atoms with Gasteiger partial charge >= 0.3 is 0 Å². The van der Waals surface area contributed by atoms with Gasteiger partial charge in [0.2, 0.25) is 0 Å². The Bertz CT molecular complexity index is 1000. The third-order valence-corrected chi connectivity index (χ3v) is 5.41. The summed E-state index contributed by atoms with van der Waals surface area (Å²) in [6.45, 7) is 4.80. The Labute approximate surface area is 206 Å². The highest BCUT2D eigenvalue weighted by atomic mass is 16.5. The molecule has 0 spiro atoms. The maximum absolute atomic E-state index is 13.1. The highest BCUT2D eigenvalue weighted by molar-refractivity contribution is 6.13. The van der Waals surface area contributed by atoms with Crippen LogP contribution in [0.3, 0.4) is 0 Å². The predicted octanol–water partition coefficient (Wildman–Crippen LogP) is 3.94. The maximum Gasteiger partial charge on any atom is 0.257 e. The van der Waals surface area contributed by atoms with Gasteiger partial charge in [-0.1, -0.05) is 24.3 Å². The largest absolute Gasteiger partial charge is 0.484 e. The molecule has 2 N–H and O–H groups in total. The molecule has 7 nitrogen and oxygen atoms in total. The molecule has 1 fully saturated rings. The predicted molar refractivity (Wildman–Crippen MR) is 136 cm³/mol. The zero-order chi connectivity index (χ0) is 25.0. The van der Waals surface area contributed by atoms with Gasteiger partial charge in [0.15, 0.2) is 19.0 Å². The molecule has 1 aliphatic rings. The molecule has 0 aromatic heterocycles. The van der Waals surface area contributed by atoms with Crippen molar-refractivity contribution in [2.45, 2.75) is 33.1 Å². The van der Waals surface area contributed by atoms with E-state index < -0.39 is 0 Å². The third-order valence-electron chi connectivity index (χ3n) is 5.41. The molecule has 1 saturated carbocycles. The lowest BCUT2D eigenvalue weighted by Crippen LogP contribution is -2.28. The van der Waals surface area contributed by atoms with Crippen molar-refractivity contribution in [3.05, 3.63) is 70.8 Å². The van der Waals surface area contributed by atoms with E-state index in [0.717, 1.165) is 41.5 Å². The summed E-state index contributed by atoms with van der Waals surface area (Å²) in [6.07, 6.45) is 6.21. The molecule has 184 valence electrons. The number of rotatable bonds is 10. The second-order valence-electron chi connectivity index (χ2n) is 8.14. The summed E-state index contributed by atoms with van der Waals surface area (Å²) in [6, 6.07) is 14.7. The summed E-state index contributed by atoms with van der Waals surface area (Å²) in [5, 5.41) is 5.37. The zero-order valence-corrected chi connectivity index (χ0v) is 20.3. The van der Waals surface area contributed by atoms with E-state index in [2.05, 4.69) is 10.6 Å². The molecule has 2 aromatic carbocycles. The number of ether oxygens (including phenoxy) is 2. The molecule has 0 bridgehead atoms. The molecular weight excluding hydrogens is 444 g/mol. The van der Waals surface area contributed by atoms with E-state index in [1.165, 1.54) is 0 Å². The Morgan fingerprint density at radius 3 is 1.51 bits per heavy atom. The van der Waals surface area contributed by atoms with Gasteiger partial charge in [0.05, 0.1) is 0 Å². The Morgan fingerprint density at radius 1 is 0.743 bits per heavy atom. The molecular formula is C28H32N2O5. The van der Waals surface area contributed by atoms with Crippen LogP contribution in [0.15, 0.2) is 59.7 Å². The van der Waals surface area contributed by atoms with E-state index in [9.17, 15) is 14.4 Å². The molecule has 2 amide bonds. The van der Waals surface area contributed by atoms with Crippen LogP contribution >= 0.6 is 0 Å². The van der Waals surface area contributed by atoms with Gasteiger partial charge in [-0.15, -0.1) is 0 Å². The van der Waals surface area contributed by atoms with Crippen LogP contribution in [-0.2, 0) is 14.4 Å². The maximum atomic E-state index is 13.1. The minimum absolute atomic E-state index is 0.0256. The van der Waals surface area contributed by atoms with Gasteiger partial charge in [0, 0.05) is 24.2 Å². The van der Waals surface area contributed by atoms with Gasteiger partial charge in [-0.25, -0.2) is 0 Å². The Hall–Kier alpha value is -3.87. The number of allylic oxidation sites excluding steroid dienone is 2. The Kier molecular flexibility index (Phi) is 9.66. The van der Waals surface area contributed by atoms with E-state index in [1.807, 2.05) is 50.3 Å². The van der Waals surface area contributed by atoms with Crippen molar-refractivity contribution in [2.24, 2.45) is 0 Å². The van der Waals surface area contributed by atoms with Gasteiger partial charge in [-0.3, -0.25) is 14.4 Å². The minimum atomic E-state index is -0.160. The fourth-order valence-electron chi connectivity index (χ4n) is 3.70. The molecule has 0 unspecified atom stereocenters. The first-order valence-electron chi connectivity index (χ1n) is 11.9. The molecule has 2 aromatic rings. The Balaban J connectivity index is 1.61. The number of amides is 2. The average Bonchev–Trinajstić information content (AvgIpc) is 2.86. The number of nitrogens with one attached hydrogen (secondary N) is 2. The van der Waals surface area contributed by atoms with Crippen LogP contribution in [0.4, 0.5) is 0 Å². The van der Waals surface area contributed by atoms with Crippen LogP contribution in [0.5, 0.6) is 11.5 Å². The summed E-state index contributed by atoms with van der Waals surface area (Å²) >= 11 is 0. The zero-order valence-electron chi connectivity index (χ0n) is 20.3. The molecule has 0 saturated heterocycles. The Morgan fingerprint density at radius 2 is 1.14 bits per heavy atom. The number of benzene rings is 2. The number of hydrogen-bond donors (Lipinski definition) is 2. The first-order chi connectivity index (χ1) is 17.0. The van der Waals surface area contributed by atoms with Crippen molar-refractivity contribution in [3.8, 4) is 11.5 Å². The average molecular weight is 477 g/mol. The van der Waals surface area contributed by atoms with E-state index in [1.54, 1.807) is 24.3 Å². The molecule has 3 rings (SSSR count). The summed E-state index contributed by atoms with van der Waals surface area (Å²) in [4.78, 5) is 36.1. The van der Waals surface area contributed by atoms with Crippen molar-refractivity contribution in [1.29, 1.82) is 0 Å². The lowest BCUT2D eigenvalue weighted by atomic mass is 9.87. The molecule has 0 atom stereocenters. The van der Waals surface area contributed by atoms with Crippen LogP contribution in [0.2, 0.25) is 0 Å². The number of likely N-dealkylation sites (N-methyl/N-ethyl adjacent to an activating group) is 2. The van der Waals surface area contributed by atoms with E-state index >= 15 is 0 Å². The van der Waals surface area contributed by atoms with Gasteiger partial charge < -0.3 is 20.1 Å². The quantitative estimate of drug-likeness (QED) is 0.507. The SMILES string of the molecule is CCNC(=O)COc1ccc(/C=C2/CCC/C(=C\c3ccc(OCC(=O)NCC)cc3)C2=O)cc1. The molecule has 1 aliphatic carbocycles. The lowest BCUT2D eigenvalue weighted by molar-refractivity contribution is -0.123. The lowest BCUT2D eigenvalue weighted by Gasteiger charge is -2.17. The minimum Gasteiger partial charge on any atom is -0.484 e. The van der Waals surface area contributed by atoms with E-state index in [0.29, 0.717) is 24.6 Å². The van der Waals surface area contributed by atoms with Crippen LogP contribution in [0.25, 0.3) is 12.2 Å². The summed E-state index contributed by atoms with van der Waals surface area (Å²) < 4.78 is 11.0. The van der Waals surface area contributed by atoms with Crippen molar-refractivity contribution in [3.63, 3.8) is 0 Å². The van der Waals surface area contributed by atoms with Gasteiger partial charge in [0.25, 0.3) is 11.8 Å². The highest BCUT2D eigenvalue weighted by Gasteiger charge is 2.20. The van der Waals surface area contributed by atoms with Crippen LogP contribution < -0.4 is 20.1 Å². The normalized spacial score (nSPS) is 15.7. The second kappa shape index (κ2) is 13.1.